The zero-order chi connectivity index (χ0) is 14.4. The summed E-state index contributed by atoms with van der Waals surface area (Å²) in [5.74, 6) is -0.103. The molecule has 1 aliphatic heterocycles. The van der Waals surface area contributed by atoms with E-state index in [1.54, 1.807) is 23.0 Å². The maximum atomic E-state index is 12.5. The third-order valence-corrected chi connectivity index (χ3v) is 3.90. The van der Waals surface area contributed by atoms with Crippen LogP contribution < -0.4 is 9.79 Å². The molecule has 0 aliphatic carbocycles. The maximum absolute atomic E-state index is 12.5. The van der Waals surface area contributed by atoms with E-state index in [0.29, 0.717) is 23.0 Å². The molecule has 0 spiro atoms. The number of aromatic nitrogens is 4. The van der Waals surface area contributed by atoms with Crippen molar-refractivity contribution in [3.8, 4) is 17.3 Å². The smallest absolute Gasteiger partial charge is 0.173 e. The van der Waals surface area contributed by atoms with Crippen LogP contribution >= 0.6 is 11.6 Å². The summed E-state index contributed by atoms with van der Waals surface area (Å²) in [6.07, 6.45) is 3.10. The van der Waals surface area contributed by atoms with E-state index in [-0.39, 0.29) is 5.88 Å². The Morgan fingerprint density at radius 2 is 2.00 bits per heavy atom. The van der Waals surface area contributed by atoms with Crippen LogP contribution in [0.5, 0.6) is 5.88 Å². The lowest BCUT2D eigenvalue weighted by Crippen LogP contribution is -2.41. The zero-order valence-electron chi connectivity index (χ0n) is 11.0. The van der Waals surface area contributed by atoms with Crippen LogP contribution in [0.4, 0.5) is 0 Å². The molecule has 1 aromatic carbocycles. The van der Waals surface area contributed by atoms with Crippen molar-refractivity contribution in [2.24, 2.45) is 0 Å². The van der Waals surface area contributed by atoms with Crippen molar-refractivity contribution in [3.63, 3.8) is 0 Å². The lowest BCUT2D eigenvalue weighted by Gasteiger charge is -2.12. The Balaban J connectivity index is 1.91. The SMILES string of the molecule is [O-]c1c2[n+](nn1-c1ccc(Cl)nc1)-c1ccccc1CC2. The van der Waals surface area contributed by atoms with Crippen molar-refractivity contribution in [2.45, 2.75) is 12.8 Å². The summed E-state index contributed by atoms with van der Waals surface area (Å²) in [4.78, 5) is 4.00. The van der Waals surface area contributed by atoms with Gasteiger partial charge in [0, 0.05) is 12.0 Å². The molecule has 0 fully saturated rings. The van der Waals surface area contributed by atoms with Crippen LogP contribution in [0.25, 0.3) is 11.4 Å². The van der Waals surface area contributed by atoms with Crippen molar-refractivity contribution in [1.82, 2.24) is 14.9 Å². The van der Waals surface area contributed by atoms with Crippen molar-refractivity contribution in [1.29, 1.82) is 0 Å². The molecule has 0 saturated carbocycles. The van der Waals surface area contributed by atoms with E-state index in [9.17, 15) is 5.11 Å². The van der Waals surface area contributed by atoms with E-state index >= 15 is 0 Å². The van der Waals surface area contributed by atoms with Crippen LogP contribution in [-0.4, -0.2) is 14.9 Å². The van der Waals surface area contributed by atoms with Gasteiger partial charge in [-0.1, -0.05) is 34.5 Å². The van der Waals surface area contributed by atoms with E-state index in [0.717, 1.165) is 12.1 Å². The van der Waals surface area contributed by atoms with Crippen LogP contribution in [-0.2, 0) is 12.8 Å². The molecule has 5 nitrogen and oxygen atoms in total. The van der Waals surface area contributed by atoms with E-state index < -0.39 is 0 Å². The molecular weight excluding hydrogens is 288 g/mol. The number of para-hydroxylation sites is 1. The second-order valence-corrected chi connectivity index (χ2v) is 5.32. The quantitative estimate of drug-likeness (QED) is 0.503. The van der Waals surface area contributed by atoms with Gasteiger partial charge in [-0.3, -0.25) is 0 Å². The fourth-order valence-corrected chi connectivity index (χ4v) is 2.76. The van der Waals surface area contributed by atoms with Crippen LogP contribution in [0.15, 0.2) is 42.6 Å². The highest BCUT2D eigenvalue weighted by molar-refractivity contribution is 6.29. The zero-order valence-corrected chi connectivity index (χ0v) is 11.8. The first-order chi connectivity index (χ1) is 10.2. The number of halogens is 1. The molecular formula is C15H11ClN4O. The minimum Gasteiger partial charge on any atom is -0.838 e. The molecule has 0 bridgehead atoms. The molecule has 4 rings (SSSR count). The van der Waals surface area contributed by atoms with E-state index in [1.807, 2.05) is 18.2 Å². The summed E-state index contributed by atoms with van der Waals surface area (Å²) in [5, 5.41) is 17.3. The first-order valence-corrected chi connectivity index (χ1v) is 7.03. The number of rotatable bonds is 1. The van der Waals surface area contributed by atoms with Gasteiger partial charge in [0.2, 0.25) is 0 Å². The molecule has 0 radical (unpaired) electrons. The van der Waals surface area contributed by atoms with Gasteiger partial charge in [0.1, 0.15) is 16.2 Å². The van der Waals surface area contributed by atoms with Crippen molar-refractivity contribution in [2.75, 3.05) is 0 Å². The predicted molar refractivity (Wildman–Crippen MR) is 74.8 cm³/mol. The first kappa shape index (κ1) is 12.3. The highest BCUT2D eigenvalue weighted by Gasteiger charge is 2.27. The van der Waals surface area contributed by atoms with Gasteiger partial charge < -0.3 is 5.11 Å². The van der Waals surface area contributed by atoms with Crippen molar-refractivity contribution >= 4 is 11.6 Å². The van der Waals surface area contributed by atoms with E-state index in [2.05, 4.69) is 16.3 Å². The molecule has 0 N–H and O–H groups in total. The highest BCUT2D eigenvalue weighted by atomic mass is 35.5. The Morgan fingerprint density at radius 3 is 2.81 bits per heavy atom. The average molecular weight is 299 g/mol. The Morgan fingerprint density at radius 1 is 1.14 bits per heavy atom. The fraction of sp³-hybridized carbons (Fsp3) is 0.133. The Bertz CT molecular complexity index is 826. The number of benzene rings is 1. The molecule has 6 heteroatoms. The first-order valence-electron chi connectivity index (χ1n) is 6.65. The van der Waals surface area contributed by atoms with Gasteiger partial charge in [-0.15, -0.1) is 4.68 Å². The topological polar surface area (TPSA) is 57.6 Å². The minimum absolute atomic E-state index is 0.103. The van der Waals surface area contributed by atoms with Crippen LogP contribution in [0.3, 0.4) is 0 Å². The summed E-state index contributed by atoms with van der Waals surface area (Å²) in [5.41, 5.74) is 3.48. The van der Waals surface area contributed by atoms with Crippen molar-refractivity contribution in [3.05, 3.63) is 59.0 Å². The predicted octanol–water partition coefficient (Wildman–Crippen LogP) is 1.37. The number of hydrogen-bond acceptors (Lipinski definition) is 3. The largest absolute Gasteiger partial charge is 0.838 e. The second-order valence-electron chi connectivity index (χ2n) is 4.93. The minimum atomic E-state index is -0.103. The fourth-order valence-electron chi connectivity index (χ4n) is 2.65. The van der Waals surface area contributed by atoms with Gasteiger partial charge in [0.05, 0.1) is 6.20 Å². The lowest BCUT2D eigenvalue weighted by atomic mass is 10.0. The number of hydrogen-bond donors (Lipinski definition) is 0. The Labute approximate surface area is 126 Å². The normalized spacial score (nSPS) is 12.8. The van der Waals surface area contributed by atoms with Crippen molar-refractivity contribution < 1.29 is 9.79 Å². The number of fused-ring (bicyclic) bond motifs is 3. The molecule has 21 heavy (non-hydrogen) atoms. The third kappa shape index (κ3) is 1.89. The van der Waals surface area contributed by atoms with Crippen LogP contribution in [0.1, 0.15) is 11.3 Å². The summed E-state index contributed by atoms with van der Waals surface area (Å²) in [6, 6.07) is 11.4. The standard InChI is InChI=1S/C15H11ClN4O/c16-14-8-6-11(9-17-14)19-15(21)13-7-5-10-3-1-2-4-12(10)20(13)18-19/h1-4,6,8-9H,5,7H2. The lowest BCUT2D eigenvalue weighted by molar-refractivity contribution is -0.671. The van der Waals surface area contributed by atoms with Crippen LogP contribution in [0.2, 0.25) is 5.15 Å². The monoisotopic (exact) mass is 298 g/mol. The van der Waals surface area contributed by atoms with Gasteiger partial charge in [-0.25, -0.2) is 4.98 Å². The van der Waals surface area contributed by atoms with Gasteiger partial charge in [-0.2, -0.15) is 0 Å². The van der Waals surface area contributed by atoms with E-state index in [4.69, 9.17) is 11.6 Å². The molecule has 2 aromatic heterocycles. The second kappa shape index (κ2) is 4.56. The van der Waals surface area contributed by atoms with Gasteiger partial charge in [0.15, 0.2) is 17.1 Å². The van der Waals surface area contributed by atoms with Gasteiger partial charge in [-0.05, 0) is 24.6 Å². The Kier molecular flexibility index (Phi) is 2.68. The number of pyridine rings is 1. The molecule has 3 aromatic rings. The molecule has 1 aliphatic rings. The van der Waals surface area contributed by atoms with E-state index in [1.165, 1.54) is 10.2 Å². The Hall–Kier alpha value is -2.40. The maximum Gasteiger partial charge on any atom is 0.173 e. The molecule has 104 valence electrons. The average Bonchev–Trinajstić information content (AvgIpc) is 2.86. The molecule has 0 atom stereocenters. The summed E-state index contributed by atoms with van der Waals surface area (Å²) in [6.45, 7) is 0. The van der Waals surface area contributed by atoms with Gasteiger partial charge in [0.25, 0.3) is 0 Å². The van der Waals surface area contributed by atoms with Crippen LogP contribution in [0, 0.1) is 0 Å². The van der Waals surface area contributed by atoms with Gasteiger partial charge >= 0.3 is 0 Å². The summed E-state index contributed by atoms with van der Waals surface area (Å²) < 4.78 is 3.11. The number of aryl methyl sites for hydroxylation is 1. The molecule has 3 heterocycles. The summed E-state index contributed by atoms with van der Waals surface area (Å²) >= 11 is 5.78. The highest BCUT2D eigenvalue weighted by Crippen LogP contribution is 2.23. The molecule has 0 unspecified atom stereocenters. The molecule has 0 saturated heterocycles. The summed E-state index contributed by atoms with van der Waals surface area (Å²) in [7, 11) is 0. The molecule has 0 amide bonds. The number of nitrogens with zero attached hydrogens (tertiary/aromatic N) is 4. The third-order valence-electron chi connectivity index (χ3n) is 3.68.